The summed E-state index contributed by atoms with van der Waals surface area (Å²) in [6.45, 7) is 2.54. The first kappa shape index (κ1) is 18.5. The summed E-state index contributed by atoms with van der Waals surface area (Å²) in [6.07, 6.45) is 1.97. The van der Waals surface area contributed by atoms with E-state index >= 15 is 0 Å². The average molecular weight is 415 g/mol. The van der Waals surface area contributed by atoms with Crippen molar-refractivity contribution in [2.75, 3.05) is 20.2 Å². The molecule has 2 aromatic carbocycles. The predicted octanol–water partition coefficient (Wildman–Crippen LogP) is 3.37. The van der Waals surface area contributed by atoms with Crippen molar-refractivity contribution in [3.8, 4) is 5.75 Å². The number of hydrogen-bond acceptors (Lipinski definition) is 3. The largest absolute Gasteiger partial charge is 0.496 e. The summed E-state index contributed by atoms with van der Waals surface area (Å²) in [7, 11) is 1.67. The molecule has 2 amide bonds. The van der Waals surface area contributed by atoms with E-state index in [9.17, 15) is 9.59 Å². The van der Waals surface area contributed by atoms with Crippen LogP contribution in [0.25, 0.3) is 10.9 Å². The number of methoxy groups -OCH3 is 1. The van der Waals surface area contributed by atoms with Gasteiger partial charge in [-0.2, -0.15) is 0 Å². The molecule has 3 aromatic rings. The molecule has 31 heavy (non-hydrogen) atoms. The number of fused-ring (bicyclic) bond motifs is 5. The van der Waals surface area contributed by atoms with Crippen molar-refractivity contribution in [2.24, 2.45) is 0 Å². The van der Waals surface area contributed by atoms with Crippen LogP contribution in [0, 0.1) is 0 Å². The second kappa shape index (κ2) is 6.36. The minimum Gasteiger partial charge on any atom is -0.496 e. The Balaban J connectivity index is 1.62. The first-order valence-corrected chi connectivity index (χ1v) is 10.9. The average Bonchev–Trinajstić information content (AvgIpc) is 3.56. The molecule has 6 nitrogen and oxygen atoms in total. The first-order chi connectivity index (χ1) is 15.0. The van der Waals surface area contributed by atoms with E-state index in [-0.39, 0.29) is 30.3 Å². The Bertz CT molecular complexity index is 1230. The fourth-order valence-corrected chi connectivity index (χ4v) is 5.55. The molecule has 1 saturated carbocycles. The minimum absolute atomic E-state index is 0.0122. The number of benzene rings is 2. The molecular weight excluding hydrogens is 390 g/mol. The number of carbonyl (C=O) groups is 2. The number of hydrogen-bond donors (Lipinski definition) is 1. The van der Waals surface area contributed by atoms with E-state index in [2.05, 4.69) is 17.1 Å². The molecule has 6 rings (SSSR count). The molecule has 158 valence electrons. The van der Waals surface area contributed by atoms with E-state index in [1.165, 1.54) is 0 Å². The van der Waals surface area contributed by atoms with Crippen LogP contribution in [0.3, 0.4) is 0 Å². The van der Waals surface area contributed by atoms with Gasteiger partial charge in [0.25, 0.3) is 5.91 Å². The highest BCUT2D eigenvalue weighted by atomic mass is 16.5. The highest BCUT2D eigenvalue weighted by Crippen LogP contribution is 2.50. The van der Waals surface area contributed by atoms with Gasteiger partial charge >= 0.3 is 0 Å². The molecule has 1 aliphatic carbocycles. The van der Waals surface area contributed by atoms with Crippen molar-refractivity contribution in [2.45, 2.75) is 37.3 Å². The van der Waals surface area contributed by atoms with Gasteiger partial charge in [-0.3, -0.25) is 9.59 Å². The molecule has 2 aliphatic heterocycles. The summed E-state index contributed by atoms with van der Waals surface area (Å²) < 4.78 is 5.68. The van der Waals surface area contributed by atoms with Crippen LogP contribution >= 0.6 is 0 Å². The van der Waals surface area contributed by atoms with Gasteiger partial charge in [0.05, 0.1) is 12.8 Å². The number of nitrogens with one attached hydrogen (secondary N) is 1. The van der Waals surface area contributed by atoms with E-state index in [1.54, 1.807) is 16.9 Å². The number of para-hydroxylation sites is 2. The molecule has 1 N–H and O–H groups in total. The summed E-state index contributed by atoms with van der Waals surface area (Å²) in [4.78, 5) is 34.3. The van der Waals surface area contributed by atoms with Crippen LogP contribution in [0.5, 0.6) is 5.75 Å². The van der Waals surface area contributed by atoms with Gasteiger partial charge in [0.2, 0.25) is 5.91 Å². The van der Waals surface area contributed by atoms with E-state index in [1.807, 2.05) is 43.3 Å². The number of nitrogens with zero attached hydrogens (tertiary/aromatic N) is 2. The first-order valence-electron chi connectivity index (χ1n) is 10.9. The van der Waals surface area contributed by atoms with Crippen LogP contribution in [0.4, 0.5) is 0 Å². The topological polar surface area (TPSA) is 65.6 Å². The number of piperazine rings is 1. The van der Waals surface area contributed by atoms with E-state index < -0.39 is 5.54 Å². The van der Waals surface area contributed by atoms with Gasteiger partial charge in [0, 0.05) is 35.0 Å². The second-order valence-electron chi connectivity index (χ2n) is 8.99. The standard InChI is InChI=1S/C25H25N3O3/c1-25-23-22(17-8-3-5-9-19(17)26-23)18(16-7-4-6-10-20(16)31-2)13-28(25)21(29)14-27(24(25)30)15-11-12-15/h3-10,15,18,26H,11-14H2,1-2H3/t18-,25+/m1/s1. The highest BCUT2D eigenvalue weighted by molar-refractivity contribution is 6.01. The number of amides is 2. The van der Waals surface area contributed by atoms with E-state index in [0.29, 0.717) is 6.54 Å². The van der Waals surface area contributed by atoms with Crippen molar-refractivity contribution in [3.05, 3.63) is 65.4 Å². The van der Waals surface area contributed by atoms with Crippen molar-refractivity contribution in [1.82, 2.24) is 14.8 Å². The zero-order valence-corrected chi connectivity index (χ0v) is 17.7. The Morgan fingerprint density at radius 1 is 1.06 bits per heavy atom. The maximum atomic E-state index is 13.8. The van der Waals surface area contributed by atoms with Gasteiger partial charge < -0.3 is 19.5 Å². The quantitative estimate of drug-likeness (QED) is 0.713. The molecule has 0 unspecified atom stereocenters. The zero-order valence-electron chi connectivity index (χ0n) is 17.7. The molecule has 3 heterocycles. The molecule has 1 aromatic heterocycles. The lowest BCUT2D eigenvalue weighted by Gasteiger charge is -2.51. The molecule has 2 atom stereocenters. The lowest BCUT2D eigenvalue weighted by atomic mass is 9.76. The summed E-state index contributed by atoms with van der Waals surface area (Å²) in [5.41, 5.74) is 2.92. The van der Waals surface area contributed by atoms with Crippen molar-refractivity contribution >= 4 is 22.7 Å². The molecule has 0 radical (unpaired) electrons. The molecule has 0 bridgehead atoms. The Kier molecular flexibility index (Phi) is 3.79. The molecule has 3 aliphatic rings. The predicted molar refractivity (Wildman–Crippen MR) is 117 cm³/mol. The summed E-state index contributed by atoms with van der Waals surface area (Å²) in [5.74, 6) is 0.751. The fraction of sp³-hybridized carbons (Fsp3) is 0.360. The Morgan fingerprint density at radius 2 is 1.81 bits per heavy atom. The third-order valence-corrected chi connectivity index (χ3v) is 7.27. The van der Waals surface area contributed by atoms with Gasteiger partial charge in [-0.25, -0.2) is 0 Å². The van der Waals surface area contributed by atoms with Gasteiger partial charge in [-0.05, 0) is 37.5 Å². The summed E-state index contributed by atoms with van der Waals surface area (Å²) in [6, 6.07) is 16.3. The van der Waals surface area contributed by atoms with Crippen molar-refractivity contribution in [1.29, 1.82) is 0 Å². The Labute approximate surface area is 180 Å². The van der Waals surface area contributed by atoms with Crippen LogP contribution in [-0.4, -0.2) is 52.8 Å². The SMILES string of the molecule is COc1ccccc1[C@H]1CN2C(=O)CN(C3CC3)C(=O)[C@]2(C)c2[nH]c3ccccc3c21. The van der Waals surface area contributed by atoms with Crippen LogP contribution in [0.1, 0.15) is 42.5 Å². The highest BCUT2D eigenvalue weighted by Gasteiger charge is 2.58. The number of aromatic amines is 1. The van der Waals surface area contributed by atoms with Crippen molar-refractivity contribution in [3.63, 3.8) is 0 Å². The lowest BCUT2D eigenvalue weighted by Crippen LogP contribution is -2.67. The molecule has 6 heteroatoms. The maximum absolute atomic E-state index is 13.8. The third-order valence-electron chi connectivity index (χ3n) is 7.27. The van der Waals surface area contributed by atoms with E-state index in [0.717, 1.165) is 46.3 Å². The summed E-state index contributed by atoms with van der Waals surface area (Å²) in [5, 5.41) is 1.10. The number of rotatable bonds is 3. The smallest absolute Gasteiger partial charge is 0.255 e. The lowest BCUT2D eigenvalue weighted by molar-refractivity contribution is -0.166. The molecule has 1 saturated heterocycles. The maximum Gasteiger partial charge on any atom is 0.255 e. The van der Waals surface area contributed by atoms with Gasteiger partial charge in [-0.1, -0.05) is 36.4 Å². The normalized spacial score (nSPS) is 25.5. The van der Waals surface area contributed by atoms with Crippen LogP contribution in [0.15, 0.2) is 48.5 Å². The summed E-state index contributed by atoms with van der Waals surface area (Å²) >= 11 is 0. The fourth-order valence-electron chi connectivity index (χ4n) is 5.55. The Hall–Kier alpha value is -3.28. The number of H-pyrrole nitrogens is 1. The van der Waals surface area contributed by atoms with Gasteiger partial charge in [0.1, 0.15) is 12.3 Å². The minimum atomic E-state index is -1.02. The molecule has 0 spiro atoms. The molecule has 2 fully saturated rings. The number of carbonyl (C=O) groups excluding carboxylic acids is 2. The van der Waals surface area contributed by atoms with Crippen LogP contribution < -0.4 is 4.74 Å². The monoisotopic (exact) mass is 415 g/mol. The third kappa shape index (κ3) is 2.44. The van der Waals surface area contributed by atoms with Gasteiger partial charge in [0.15, 0.2) is 5.54 Å². The van der Waals surface area contributed by atoms with E-state index in [4.69, 9.17) is 4.74 Å². The molecular formula is C25H25N3O3. The van der Waals surface area contributed by atoms with Crippen LogP contribution in [0.2, 0.25) is 0 Å². The Morgan fingerprint density at radius 3 is 2.58 bits per heavy atom. The second-order valence-corrected chi connectivity index (χ2v) is 8.99. The van der Waals surface area contributed by atoms with Gasteiger partial charge in [-0.15, -0.1) is 0 Å². The number of ether oxygens (including phenoxy) is 1. The number of aromatic nitrogens is 1. The zero-order chi connectivity index (χ0) is 21.3. The van der Waals surface area contributed by atoms with Crippen molar-refractivity contribution < 1.29 is 14.3 Å². The van der Waals surface area contributed by atoms with Crippen LogP contribution in [-0.2, 0) is 15.1 Å².